The van der Waals surface area contributed by atoms with E-state index in [1.165, 1.54) is 4.68 Å². The molecule has 2 aliphatic rings. The summed E-state index contributed by atoms with van der Waals surface area (Å²) in [5.41, 5.74) is -0.148. The predicted molar refractivity (Wildman–Crippen MR) is 101 cm³/mol. The number of fused-ring (bicyclic) bond motifs is 2. The van der Waals surface area contributed by atoms with Crippen molar-refractivity contribution in [1.29, 1.82) is 0 Å². The molecule has 1 aromatic carbocycles. The second-order valence-electron chi connectivity index (χ2n) is 7.87. The highest BCUT2D eigenvalue weighted by atomic mass is 16.3. The van der Waals surface area contributed by atoms with Crippen LogP contribution in [-0.4, -0.2) is 49.6 Å². The van der Waals surface area contributed by atoms with Crippen LogP contribution in [-0.2, 0) is 11.3 Å². The summed E-state index contributed by atoms with van der Waals surface area (Å²) in [6, 6.07) is 7.14. The van der Waals surface area contributed by atoms with Gasteiger partial charge in [0.15, 0.2) is 0 Å². The van der Waals surface area contributed by atoms with E-state index in [2.05, 4.69) is 10.3 Å². The van der Waals surface area contributed by atoms with Crippen molar-refractivity contribution < 1.29 is 9.90 Å². The lowest BCUT2D eigenvalue weighted by molar-refractivity contribution is -0.143. The average molecular weight is 370 g/mol. The fourth-order valence-corrected chi connectivity index (χ4v) is 4.51. The number of rotatable bonds is 4. The lowest BCUT2D eigenvalue weighted by Crippen LogP contribution is -2.54. The number of likely N-dealkylation sites (tertiary alicyclic amines) is 1. The van der Waals surface area contributed by atoms with Gasteiger partial charge in [-0.3, -0.25) is 9.59 Å². The third-order valence-electron chi connectivity index (χ3n) is 6.17. The molecule has 7 heteroatoms. The molecule has 0 spiro atoms. The summed E-state index contributed by atoms with van der Waals surface area (Å²) in [6.45, 7) is 1.66. The van der Waals surface area contributed by atoms with Crippen LogP contribution in [0.25, 0.3) is 10.9 Å². The molecular formula is C20H26N4O3. The number of piperidine rings is 1. The van der Waals surface area contributed by atoms with E-state index in [-0.39, 0.29) is 17.4 Å². The van der Waals surface area contributed by atoms with Crippen LogP contribution in [0.4, 0.5) is 0 Å². The average Bonchev–Trinajstić information content (AvgIpc) is 2.69. The number of carbonyl (C=O) groups is 1. The van der Waals surface area contributed by atoms with Crippen molar-refractivity contribution in [3.8, 4) is 0 Å². The van der Waals surface area contributed by atoms with E-state index in [1.54, 1.807) is 12.1 Å². The van der Waals surface area contributed by atoms with Gasteiger partial charge in [0.2, 0.25) is 5.91 Å². The smallest absolute Gasteiger partial charge is 0.277 e. The van der Waals surface area contributed by atoms with Gasteiger partial charge in [-0.2, -0.15) is 0 Å². The van der Waals surface area contributed by atoms with Crippen LogP contribution >= 0.6 is 0 Å². The summed E-state index contributed by atoms with van der Waals surface area (Å²) >= 11 is 0. The first-order chi connectivity index (χ1) is 13.1. The van der Waals surface area contributed by atoms with Gasteiger partial charge in [0.25, 0.3) is 5.56 Å². The van der Waals surface area contributed by atoms with Crippen molar-refractivity contribution in [2.24, 2.45) is 5.92 Å². The van der Waals surface area contributed by atoms with Crippen LogP contribution in [0.2, 0.25) is 0 Å². The van der Waals surface area contributed by atoms with Gasteiger partial charge in [-0.1, -0.05) is 30.2 Å². The molecule has 0 bridgehead atoms. The van der Waals surface area contributed by atoms with Crippen molar-refractivity contribution in [3.63, 3.8) is 0 Å². The Kier molecular flexibility index (Phi) is 4.95. The Balaban J connectivity index is 1.34. The molecule has 2 heterocycles. The van der Waals surface area contributed by atoms with Crippen molar-refractivity contribution in [2.75, 3.05) is 13.1 Å². The van der Waals surface area contributed by atoms with E-state index in [0.717, 1.165) is 25.7 Å². The number of carbonyl (C=O) groups excluding carboxylic acids is 1. The number of nitrogens with zero attached hydrogens (tertiary/aromatic N) is 4. The first-order valence-corrected chi connectivity index (χ1v) is 9.89. The second kappa shape index (κ2) is 7.38. The molecule has 1 aliphatic heterocycles. The van der Waals surface area contributed by atoms with E-state index in [4.69, 9.17) is 0 Å². The Morgan fingerprint density at radius 2 is 2.11 bits per heavy atom. The summed E-state index contributed by atoms with van der Waals surface area (Å²) in [6.07, 6.45) is 5.70. The molecule has 1 saturated carbocycles. The number of aryl methyl sites for hydroxylation is 1. The third kappa shape index (κ3) is 3.60. The predicted octanol–water partition coefficient (Wildman–Crippen LogP) is 1.73. The Bertz CT molecular complexity index is 896. The van der Waals surface area contributed by atoms with Gasteiger partial charge in [-0.25, -0.2) is 4.68 Å². The topological polar surface area (TPSA) is 88.3 Å². The van der Waals surface area contributed by atoms with Crippen molar-refractivity contribution in [3.05, 3.63) is 34.6 Å². The molecule has 144 valence electrons. The van der Waals surface area contributed by atoms with E-state index in [1.807, 2.05) is 17.0 Å². The molecule has 1 N–H and O–H groups in total. The van der Waals surface area contributed by atoms with Gasteiger partial charge in [-0.05, 0) is 37.8 Å². The number of aliphatic hydroxyl groups is 1. The van der Waals surface area contributed by atoms with Crippen LogP contribution in [0.3, 0.4) is 0 Å². The van der Waals surface area contributed by atoms with Crippen molar-refractivity contribution in [1.82, 2.24) is 19.9 Å². The highest BCUT2D eigenvalue weighted by molar-refractivity contribution is 5.77. The van der Waals surface area contributed by atoms with Gasteiger partial charge >= 0.3 is 0 Å². The van der Waals surface area contributed by atoms with Gasteiger partial charge in [-0.15, -0.1) is 5.10 Å². The number of amides is 1. The Morgan fingerprint density at radius 1 is 1.26 bits per heavy atom. The monoisotopic (exact) mass is 370 g/mol. The number of benzene rings is 1. The molecule has 0 radical (unpaired) electrons. The molecule has 2 fully saturated rings. The molecule has 4 rings (SSSR count). The summed E-state index contributed by atoms with van der Waals surface area (Å²) in [5, 5.41) is 19.3. The highest BCUT2D eigenvalue weighted by Crippen LogP contribution is 2.39. The molecule has 2 aromatic rings. The Hall–Kier alpha value is -2.28. The fraction of sp³-hybridized carbons (Fsp3) is 0.600. The first-order valence-electron chi connectivity index (χ1n) is 9.89. The van der Waals surface area contributed by atoms with E-state index in [0.29, 0.717) is 49.8 Å². The van der Waals surface area contributed by atoms with Gasteiger partial charge in [0.05, 0.1) is 11.0 Å². The zero-order valence-electron chi connectivity index (χ0n) is 15.5. The van der Waals surface area contributed by atoms with Crippen LogP contribution in [0, 0.1) is 5.92 Å². The van der Waals surface area contributed by atoms with Crippen molar-refractivity contribution in [2.45, 2.75) is 57.1 Å². The van der Waals surface area contributed by atoms with Crippen LogP contribution in [0.15, 0.2) is 29.1 Å². The maximum atomic E-state index is 12.6. The lowest BCUT2D eigenvalue weighted by atomic mass is 9.71. The SMILES string of the molecule is O=C(CCCn1nnc2ccccc2c1=O)N1CCC2(O)CCCCC2C1. The zero-order chi connectivity index (χ0) is 18.9. The van der Waals surface area contributed by atoms with Gasteiger partial charge in [0, 0.05) is 32.0 Å². The quantitative estimate of drug-likeness (QED) is 0.885. The normalized spacial score (nSPS) is 25.4. The molecule has 1 saturated heterocycles. The van der Waals surface area contributed by atoms with Crippen LogP contribution in [0.5, 0.6) is 0 Å². The highest BCUT2D eigenvalue weighted by Gasteiger charge is 2.43. The van der Waals surface area contributed by atoms with Gasteiger partial charge in [0.1, 0.15) is 5.52 Å². The van der Waals surface area contributed by atoms with Crippen molar-refractivity contribution >= 4 is 16.8 Å². The Labute approximate surface area is 158 Å². The molecule has 1 aliphatic carbocycles. The third-order valence-corrected chi connectivity index (χ3v) is 6.17. The molecule has 1 amide bonds. The summed E-state index contributed by atoms with van der Waals surface area (Å²) in [5.74, 6) is 0.308. The molecule has 27 heavy (non-hydrogen) atoms. The lowest BCUT2D eigenvalue weighted by Gasteiger charge is -2.47. The number of hydrogen-bond acceptors (Lipinski definition) is 5. The number of hydrogen-bond donors (Lipinski definition) is 1. The molecule has 1 aromatic heterocycles. The Morgan fingerprint density at radius 3 is 3.00 bits per heavy atom. The molecular weight excluding hydrogens is 344 g/mol. The van der Waals surface area contributed by atoms with E-state index in [9.17, 15) is 14.7 Å². The zero-order valence-corrected chi connectivity index (χ0v) is 15.5. The summed E-state index contributed by atoms with van der Waals surface area (Å²) in [7, 11) is 0. The van der Waals surface area contributed by atoms with Gasteiger partial charge < -0.3 is 10.0 Å². The minimum atomic E-state index is -0.566. The summed E-state index contributed by atoms with van der Waals surface area (Å²) in [4.78, 5) is 26.9. The largest absolute Gasteiger partial charge is 0.389 e. The summed E-state index contributed by atoms with van der Waals surface area (Å²) < 4.78 is 1.34. The number of aromatic nitrogens is 3. The maximum absolute atomic E-state index is 12.6. The maximum Gasteiger partial charge on any atom is 0.277 e. The van der Waals surface area contributed by atoms with E-state index < -0.39 is 5.60 Å². The molecule has 7 nitrogen and oxygen atoms in total. The van der Waals surface area contributed by atoms with Crippen LogP contribution < -0.4 is 5.56 Å². The van der Waals surface area contributed by atoms with Crippen LogP contribution in [0.1, 0.15) is 44.9 Å². The minimum absolute atomic E-state index is 0.101. The second-order valence-corrected chi connectivity index (χ2v) is 7.87. The van der Waals surface area contributed by atoms with E-state index >= 15 is 0 Å². The molecule has 2 unspecified atom stereocenters. The first kappa shape index (κ1) is 18.1. The molecule has 2 atom stereocenters. The minimum Gasteiger partial charge on any atom is -0.389 e. The fourth-order valence-electron chi connectivity index (χ4n) is 4.51. The standard InChI is InChI=1S/C20H26N4O3/c25-18(23-13-11-20(27)10-4-3-6-15(20)14-23)9-5-12-24-19(26)16-7-1-2-8-17(16)21-22-24/h1-2,7-8,15,27H,3-6,9-14H2.